The number of ether oxygens (including phenoxy) is 1. The number of allylic oxidation sites excluding steroid dienone is 3. The van der Waals surface area contributed by atoms with Crippen LogP contribution in [0.2, 0.25) is 5.02 Å². The van der Waals surface area contributed by atoms with Crippen LogP contribution in [0.3, 0.4) is 0 Å². The molecule has 3 unspecified atom stereocenters. The molecule has 4 aliphatic rings. The third kappa shape index (κ3) is 5.35. The van der Waals surface area contributed by atoms with Crippen molar-refractivity contribution < 1.29 is 18.3 Å². The van der Waals surface area contributed by atoms with Crippen LogP contribution in [-0.2, 0) is 4.74 Å². The Balaban J connectivity index is 1.67. The molecule has 5 rings (SSSR count). The summed E-state index contributed by atoms with van der Waals surface area (Å²) < 4.78 is 33.6. The fourth-order valence-corrected chi connectivity index (χ4v) is 6.76. The first-order valence-corrected chi connectivity index (χ1v) is 14.3. The number of fused-ring (bicyclic) bond motifs is 1. The van der Waals surface area contributed by atoms with Gasteiger partial charge in [-0.25, -0.2) is 13.6 Å². The predicted octanol–water partition coefficient (Wildman–Crippen LogP) is 6.62. The zero-order chi connectivity index (χ0) is 28.6. The molecule has 4 atom stereocenters. The van der Waals surface area contributed by atoms with Gasteiger partial charge in [0.25, 0.3) is 0 Å². The quantitative estimate of drug-likeness (QED) is 0.223. The molecule has 1 aromatic rings. The second-order valence-electron chi connectivity index (χ2n) is 10.4. The average Bonchev–Trinajstić information content (AvgIpc) is 3.41. The Bertz CT molecular complexity index is 1430. The number of amides is 1. The van der Waals surface area contributed by atoms with Gasteiger partial charge in [-0.1, -0.05) is 47.9 Å². The molecular formula is C30H29ClF2N4O2S. The van der Waals surface area contributed by atoms with Crippen molar-refractivity contribution in [2.45, 2.75) is 49.3 Å². The molecule has 4 heterocycles. The van der Waals surface area contributed by atoms with E-state index >= 15 is 0 Å². The number of terminal acetylenes is 1. The van der Waals surface area contributed by atoms with E-state index in [2.05, 4.69) is 12.5 Å². The highest BCUT2D eigenvalue weighted by molar-refractivity contribution is 8.03. The molecule has 208 valence electrons. The van der Waals surface area contributed by atoms with Crippen molar-refractivity contribution in [2.24, 2.45) is 4.99 Å². The summed E-state index contributed by atoms with van der Waals surface area (Å²) in [5.41, 5.74) is 2.04. The van der Waals surface area contributed by atoms with E-state index in [1.807, 2.05) is 16.4 Å². The van der Waals surface area contributed by atoms with E-state index in [9.17, 15) is 13.6 Å². The molecule has 6 nitrogen and oxygen atoms in total. The third-order valence-electron chi connectivity index (χ3n) is 7.30. The first-order chi connectivity index (χ1) is 19.1. The predicted molar refractivity (Wildman–Crippen MR) is 156 cm³/mol. The number of carbonyl (C=O) groups excluding carboxylic acids is 1. The Morgan fingerprint density at radius 3 is 2.98 bits per heavy atom. The zero-order valence-electron chi connectivity index (χ0n) is 22.0. The second-order valence-corrected chi connectivity index (χ2v) is 11.8. The number of hydrogen-bond donors (Lipinski definition) is 1. The SMILES string of the molecule is C#CCN1CC2(CC3=C(C(=N)/C=C\CC(C)F)[C@H](c4ccc(F)cc4Cl)N=C(C4SC=CCC4=C)N3C2)OC1=O. The van der Waals surface area contributed by atoms with Crippen LogP contribution in [0.5, 0.6) is 0 Å². The smallest absolute Gasteiger partial charge is 0.411 e. The summed E-state index contributed by atoms with van der Waals surface area (Å²) in [6, 6.07) is 3.40. The average molecular weight is 583 g/mol. The number of hydrogen-bond acceptors (Lipinski definition) is 6. The lowest BCUT2D eigenvalue weighted by molar-refractivity contribution is 0.0684. The molecule has 2 fully saturated rings. The summed E-state index contributed by atoms with van der Waals surface area (Å²) in [6.45, 7) is 6.48. The number of carbonyl (C=O) groups is 1. The maximum absolute atomic E-state index is 14.1. The minimum atomic E-state index is -1.06. The molecule has 0 radical (unpaired) electrons. The number of rotatable bonds is 7. The van der Waals surface area contributed by atoms with Crippen molar-refractivity contribution in [3.8, 4) is 12.3 Å². The maximum Gasteiger partial charge on any atom is 0.411 e. The van der Waals surface area contributed by atoms with E-state index in [1.54, 1.807) is 30.0 Å². The molecule has 0 saturated carbocycles. The van der Waals surface area contributed by atoms with Gasteiger partial charge in [-0.05, 0) is 43.4 Å². The first-order valence-electron chi connectivity index (χ1n) is 12.9. The van der Waals surface area contributed by atoms with Crippen molar-refractivity contribution in [1.82, 2.24) is 9.80 Å². The van der Waals surface area contributed by atoms with Gasteiger partial charge in [0, 0.05) is 28.3 Å². The lowest BCUT2D eigenvalue weighted by Crippen LogP contribution is -2.44. The number of thioether (sulfide) groups is 1. The number of benzene rings is 1. The molecule has 0 aromatic heterocycles. The maximum atomic E-state index is 14.1. The van der Waals surface area contributed by atoms with Gasteiger partial charge >= 0.3 is 6.09 Å². The van der Waals surface area contributed by atoms with E-state index < -0.39 is 29.7 Å². The van der Waals surface area contributed by atoms with Crippen molar-refractivity contribution >= 4 is 41.0 Å². The van der Waals surface area contributed by atoms with Crippen LogP contribution in [0.15, 0.2) is 70.2 Å². The summed E-state index contributed by atoms with van der Waals surface area (Å²) >= 11 is 8.14. The number of halogens is 3. The minimum absolute atomic E-state index is 0.126. The standard InChI is InChI=1S/C30H29ClF2N4O2S/c1-4-12-36-16-30(39-29(36)38)15-24-25(23(34)9-5-8-19(3)32)26(21-11-10-20(33)14-22(21)31)35-28(37(24)17-30)27-18(2)7-6-13-40-27/h1,5-6,9-11,13-14,19,26-27,34H,2,7-8,12,15-17H2,3H3/b9-5-,34-23?/t19?,26-,27?,30?/m0/s1. The summed E-state index contributed by atoms with van der Waals surface area (Å²) in [6.07, 6.45) is 10.3. The van der Waals surface area contributed by atoms with Crippen molar-refractivity contribution in [3.05, 3.63) is 81.7 Å². The highest BCUT2D eigenvalue weighted by Crippen LogP contribution is 2.48. The zero-order valence-corrected chi connectivity index (χ0v) is 23.6. The summed E-state index contributed by atoms with van der Waals surface area (Å²) in [5.74, 6) is 2.74. The molecule has 10 heteroatoms. The molecule has 1 N–H and O–H groups in total. The highest BCUT2D eigenvalue weighted by atomic mass is 35.5. The second kappa shape index (κ2) is 11.3. The molecule has 4 aliphatic heterocycles. The van der Waals surface area contributed by atoms with Crippen molar-refractivity contribution in [3.63, 3.8) is 0 Å². The summed E-state index contributed by atoms with van der Waals surface area (Å²) in [4.78, 5) is 21.4. The van der Waals surface area contributed by atoms with Crippen LogP contribution in [0.1, 0.15) is 37.8 Å². The molecule has 1 amide bonds. The highest BCUT2D eigenvalue weighted by Gasteiger charge is 2.55. The Kier molecular flexibility index (Phi) is 7.94. The van der Waals surface area contributed by atoms with Gasteiger partial charge in [-0.3, -0.25) is 9.89 Å². The van der Waals surface area contributed by atoms with Gasteiger partial charge in [-0.15, -0.1) is 18.2 Å². The van der Waals surface area contributed by atoms with E-state index in [-0.39, 0.29) is 28.9 Å². The van der Waals surface area contributed by atoms with Crippen LogP contribution in [-0.4, -0.2) is 64.1 Å². The van der Waals surface area contributed by atoms with Gasteiger partial charge in [0.05, 0.1) is 30.6 Å². The third-order valence-corrected chi connectivity index (χ3v) is 8.79. The number of alkyl halides is 1. The summed E-state index contributed by atoms with van der Waals surface area (Å²) in [5, 5.41) is 11.1. The molecular weight excluding hydrogens is 554 g/mol. The van der Waals surface area contributed by atoms with E-state index in [0.29, 0.717) is 42.9 Å². The first kappa shape index (κ1) is 28.2. The fourth-order valence-electron chi connectivity index (χ4n) is 5.53. The van der Waals surface area contributed by atoms with Gasteiger partial charge in [0.15, 0.2) is 5.60 Å². The molecule has 1 aromatic carbocycles. The van der Waals surface area contributed by atoms with Crippen LogP contribution in [0.25, 0.3) is 0 Å². The number of nitrogens with zero attached hydrogens (tertiary/aromatic N) is 3. The van der Waals surface area contributed by atoms with Crippen LogP contribution < -0.4 is 0 Å². The van der Waals surface area contributed by atoms with Gasteiger partial charge in [-0.2, -0.15) is 0 Å². The molecule has 40 heavy (non-hydrogen) atoms. The number of nitrogens with one attached hydrogen (secondary N) is 1. The minimum Gasteiger partial charge on any atom is -0.439 e. The normalized spacial score (nSPS) is 26.8. The lowest BCUT2D eigenvalue weighted by Gasteiger charge is -2.37. The van der Waals surface area contributed by atoms with Crippen LogP contribution in [0, 0.1) is 23.6 Å². The Labute approximate surface area is 242 Å². The Morgan fingerprint density at radius 2 is 2.27 bits per heavy atom. The molecule has 0 bridgehead atoms. The molecule has 0 aliphatic carbocycles. The van der Waals surface area contributed by atoms with Crippen LogP contribution in [0.4, 0.5) is 13.6 Å². The largest absolute Gasteiger partial charge is 0.439 e. The Hall–Kier alpha value is -3.35. The van der Waals surface area contributed by atoms with Gasteiger partial charge in [0.1, 0.15) is 23.9 Å². The van der Waals surface area contributed by atoms with Gasteiger partial charge in [0.2, 0.25) is 0 Å². The lowest BCUT2D eigenvalue weighted by atomic mass is 9.89. The topological polar surface area (TPSA) is 69.0 Å². The van der Waals surface area contributed by atoms with E-state index in [1.165, 1.54) is 24.0 Å². The van der Waals surface area contributed by atoms with E-state index in [0.717, 1.165) is 11.3 Å². The van der Waals surface area contributed by atoms with Crippen LogP contribution >= 0.6 is 23.4 Å². The summed E-state index contributed by atoms with van der Waals surface area (Å²) in [7, 11) is 0. The van der Waals surface area contributed by atoms with Gasteiger partial charge < -0.3 is 15.0 Å². The Morgan fingerprint density at radius 1 is 1.48 bits per heavy atom. The van der Waals surface area contributed by atoms with E-state index in [4.69, 9.17) is 33.2 Å². The van der Waals surface area contributed by atoms with Crippen molar-refractivity contribution in [2.75, 3.05) is 19.6 Å². The number of aliphatic imine (C=N–C) groups is 1. The molecule has 2 saturated heterocycles. The monoisotopic (exact) mass is 582 g/mol. The molecule has 1 spiro atoms. The fraction of sp³-hybridized carbons (Fsp3) is 0.367. The van der Waals surface area contributed by atoms with Crippen molar-refractivity contribution in [1.29, 1.82) is 5.41 Å². The number of amidine groups is 1.